The molecule has 20 heavy (non-hydrogen) atoms. The summed E-state index contributed by atoms with van der Waals surface area (Å²) in [4.78, 5) is 0. The fraction of sp³-hybridized carbons (Fsp3) is 0.133. The van der Waals surface area contributed by atoms with Gasteiger partial charge in [0.25, 0.3) is 0 Å². The van der Waals surface area contributed by atoms with E-state index in [9.17, 15) is 4.39 Å². The summed E-state index contributed by atoms with van der Waals surface area (Å²) >= 11 is 3.39. The number of hydrogen-bond acceptors (Lipinski definition) is 3. The summed E-state index contributed by atoms with van der Waals surface area (Å²) < 4.78 is 19.8. The van der Waals surface area contributed by atoms with E-state index in [2.05, 4.69) is 15.9 Å². The van der Waals surface area contributed by atoms with Crippen LogP contribution in [-0.2, 0) is 0 Å². The third-order valence-electron chi connectivity index (χ3n) is 2.77. The zero-order valence-electron chi connectivity index (χ0n) is 10.7. The Bertz CT molecular complexity index is 680. The lowest BCUT2D eigenvalue weighted by Crippen LogP contribution is -2.04. The van der Waals surface area contributed by atoms with Crippen LogP contribution in [0, 0.1) is 17.1 Å². The van der Waals surface area contributed by atoms with Crippen LogP contribution in [0.15, 0.2) is 40.9 Å². The topological polar surface area (TPSA) is 59.0 Å². The van der Waals surface area contributed by atoms with Gasteiger partial charge < -0.3 is 10.5 Å². The van der Waals surface area contributed by atoms with Gasteiger partial charge in [0.05, 0.1) is 10.0 Å². The molecule has 0 radical (unpaired) electrons. The maximum atomic E-state index is 13.5. The average Bonchev–Trinajstić information content (AvgIpc) is 2.41. The summed E-state index contributed by atoms with van der Waals surface area (Å²) in [5.74, 6) is 0.280. The molecule has 0 bridgehead atoms. The van der Waals surface area contributed by atoms with Crippen molar-refractivity contribution >= 4 is 15.9 Å². The molecule has 0 aliphatic heterocycles. The maximum absolute atomic E-state index is 13.5. The number of nitrogens with zero attached hydrogens (tertiary/aromatic N) is 1. The van der Waals surface area contributed by atoms with Crippen LogP contribution in [0.25, 0.3) is 0 Å². The van der Waals surface area contributed by atoms with Crippen LogP contribution in [0.3, 0.4) is 0 Å². The van der Waals surface area contributed by atoms with E-state index < -0.39 is 5.82 Å². The van der Waals surface area contributed by atoms with Crippen LogP contribution < -0.4 is 10.5 Å². The van der Waals surface area contributed by atoms with E-state index in [1.807, 2.05) is 19.1 Å². The molecule has 2 rings (SSSR count). The lowest BCUT2D eigenvalue weighted by molar-refractivity contribution is 0.473. The van der Waals surface area contributed by atoms with Gasteiger partial charge in [-0.2, -0.15) is 5.26 Å². The third-order valence-corrected chi connectivity index (χ3v) is 3.39. The van der Waals surface area contributed by atoms with Crippen molar-refractivity contribution in [3.8, 4) is 17.6 Å². The fourth-order valence-electron chi connectivity index (χ4n) is 1.66. The van der Waals surface area contributed by atoms with Gasteiger partial charge in [-0.15, -0.1) is 0 Å². The first-order valence-corrected chi connectivity index (χ1v) is 6.73. The van der Waals surface area contributed by atoms with Crippen LogP contribution in [-0.4, -0.2) is 0 Å². The molecular weight excluding hydrogens is 323 g/mol. The first kappa shape index (κ1) is 14.5. The summed E-state index contributed by atoms with van der Waals surface area (Å²) in [6.45, 7) is 1.89. The summed E-state index contributed by atoms with van der Waals surface area (Å²) in [5.41, 5.74) is 6.75. The first-order chi connectivity index (χ1) is 9.51. The summed E-state index contributed by atoms with van der Waals surface area (Å²) in [7, 11) is 0. The molecule has 0 aromatic heterocycles. The van der Waals surface area contributed by atoms with Crippen molar-refractivity contribution < 1.29 is 9.13 Å². The maximum Gasteiger partial charge on any atom is 0.144 e. The van der Waals surface area contributed by atoms with Crippen LogP contribution in [0.2, 0.25) is 0 Å². The largest absolute Gasteiger partial charge is 0.456 e. The van der Waals surface area contributed by atoms with E-state index in [0.717, 1.165) is 10.0 Å². The molecule has 0 fully saturated rings. The molecule has 0 saturated heterocycles. The van der Waals surface area contributed by atoms with Crippen molar-refractivity contribution in [1.29, 1.82) is 5.26 Å². The Balaban J connectivity index is 2.26. The minimum absolute atomic E-state index is 0.0104. The molecule has 1 atom stereocenters. The molecule has 1 unspecified atom stereocenters. The average molecular weight is 335 g/mol. The number of halogens is 2. The standard InChI is InChI=1S/C15H12BrFN2O/c1-9(19)10-3-5-15(13(16)6-10)20-12-4-2-11(8-18)14(17)7-12/h2-7,9H,19H2,1H3. The Morgan fingerprint density at radius 1 is 1.30 bits per heavy atom. The SMILES string of the molecule is CC(N)c1ccc(Oc2ccc(C#N)c(F)c2)c(Br)c1. The van der Waals surface area contributed by atoms with Gasteiger partial charge in [0, 0.05) is 12.1 Å². The quantitative estimate of drug-likeness (QED) is 0.911. The molecule has 5 heteroatoms. The van der Waals surface area contributed by atoms with E-state index in [-0.39, 0.29) is 11.6 Å². The van der Waals surface area contributed by atoms with Crippen molar-refractivity contribution in [2.24, 2.45) is 5.73 Å². The second kappa shape index (κ2) is 6.04. The molecule has 0 spiro atoms. The zero-order valence-corrected chi connectivity index (χ0v) is 12.3. The zero-order chi connectivity index (χ0) is 14.7. The van der Waals surface area contributed by atoms with E-state index in [4.69, 9.17) is 15.7 Å². The Hall–Kier alpha value is -1.90. The van der Waals surface area contributed by atoms with Crippen LogP contribution in [0.5, 0.6) is 11.5 Å². The third kappa shape index (κ3) is 3.16. The lowest BCUT2D eigenvalue weighted by Gasteiger charge is -2.11. The highest BCUT2D eigenvalue weighted by Crippen LogP contribution is 2.32. The highest BCUT2D eigenvalue weighted by Gasteiger charge is 2.08. The fourth-order valence-corrected chi connectivity index (χ4v) is 2.14. The Kier molecular flexibility index (Phi) is 4.38. The minimum Gasteiger partial charge on any atom is -0.456 e. The Labute approximate surface area is 124 Å². The lowest BCUT2D eigenvalue weighted by atomic mass is 10.1. The minimum atomic E-state index is -0.603. The molecule has 3 nitrogen and oxygen atoms in total. The van der Waals surface area contributed by atoms with Crippen molar-refractivity contribution in [1.82, 2.24) is 0 Å². The molecule has 2 N–H and O–H groups in total. The van der Waals surface area contributed by atoms with Gasteiger partial charge in [0.15, 0.2) is 0 Å². The molecule has 2 aromatic carbocycles. The van der Waals surface area contributed by atoms with E-state index in [1.165, 1.54) is 12.1 Å². The van der Waals surface area contributed by atoms with Gasteiger partial charge in [0.1, 0.15) is 23.4 Å². The van der Waals surface area contributed by atoms with Crippen LogP contribution >= 0.6 is 15.9 Å². The number of nitrogens with two attached hydrogens (primary N) is 1. The smallest absolute Gasteiger partial charge is 0.144 e. The van der Waals surface area contributed by atoms with Crippen molar-refractivity contribution in [2.75, 3.05) is 0 Å². The van der Waals surface area contributed by atoms with Crippen LogP contribution in [0.4, 0.5) is 4.39 Å². The number of nitriles is 1. The van der Waals surface area contributed by atoms with Crippen LogP contribution in [0.1, 0.15) is 24.1 Å². The van der Waals surface area contributed by atoms with Crippen molar-refractivity contribution in [3.63, 3.8) is 0 Å². The van der Waals surface area contributed by atoms with E-state index in [1.54, 1.807) is 18.2 Å². The molecule has 102 valence electrons. The molecule has 0 aliphatic rings. The van der Waals surface area contributed by atoms with Crippen molar-refractivity contribution in [3.05, 3.63) is 57.8 Å². The van der Waals surface area contributed by atoms with Gasteiger partial charge in [-0.1, -0.05) is 6.07 Å². The second-order valence-corrected chi connectivity index (χ2v) is 5.19. The molecule has 0 saturated carbocycles. The van der Waals surface area contributed by atoms with Gasteiger partial charge in [-0.05, 0) is 52.7 Å². The van der Waals surface area contributed by atoms with Gasteiger partial charge in [0.2, 0.25) is 0 Å². The Morgan fingerprint density at radius 2 is 2.05 bits per heavy atom. The molecule has 0 heterocycles. The van der Waals surface area contributed by atoms with E-state index in [0.29, 0.717) is 11.5 Å². The number of rotatable bonds is 3. The van der Waals surface area contributed by atoms with E-state index >= 15 is 0 Å². The predicted octanol–water partition coefficient (Wildman–Crippen LogP) is 4.27. The van der Waals surface area contributed by atoms with Crippen molar-refractivity contribution in [2.45, 2.75) is 13.0 Å². The van der Waals surface area contributed by atoms with Gasteiger partial charge >= 0.3 is 0 Å². The number of hydrogen-bond donors (Lipinski definition) is 1. The van der Waals surface area contributed by atoms with Gasteiger partial charge in [-0.25, -0.2) is 4.39 Å². The summed E-state index contributed by atoms with van der Waals surface area (Å²) in [5, 5.41) is 8.68. The molecule has 2 aromatic rings. The monoisotopic (exact) mass is 334 g/mol. The Morgan fingerprint density at radius 3 is 2.60 bits per heavy atom. The van der Waals surface area contributed by atoms with Gasteiger partial charge in [-0.3, -0.25) is 0 Å². The second-order valence-electron chi connectivity index (χ2n) is 4.33. The highest BCUT2D eigenvalue weighted by atomic mass is 79.9. The molecule has 0 amide bonds. The first-order valence-electron chi connectivity index (χ1n) is 5.94. The number of ether oxygens (including phenoxy) is 1. The number of benzene rings is 2. The normalized spacial score (nSPS) is 11.8. The predicted molar refractivity (Wildman–Crippen MR) is 77.9 cm³/mol. The molecule has 0 aliphatic carbocycles. The highest BCUT2D eigenvalue weighted by molar-refractivity contribution is 9.10. The summed E-state index contributed by atoms with van der Waals surface area (Å²) in [6.07, 6.45) is 0. The summed E-state index contributed by atoms with van der Waals surface area (Å²) in [6, 6.07) is 11.3. The molecular formula is C15H12BrFN2O.